The number of aromatic nitrogens is 2. The Kier molecular flexibility index (Phi) is 8.13. The lowest BCUT2D eigenvalue weighted by Gasteiger charge is -2.30. The molecule has 5 nitrogen and oxygen atoms in total. The Labute approximate surface area is 194 Å². The van der Waals surface area contributed by atoms with Gasteiger partial charge in [-0.15, -0.1) is 0 Å². The Balaban J connectivity index is 1.78. The highest BCUT2D eigenvalue weighted by Gasteiger charge is 2.23. The predicted molar refractivity (Wildman–Crippen MR) is 127 cm³/mol. The van der Waals surface area contributed by atoms with Crippen LogP contribution < -0.4 is 5.32 Å². The molecule has 1 N–H and O–H groups in total. The van der Waals surface area contributed by atoms with Crippen LogP contribution in [-0.2, 0) is 6.54 Å². The lowest BCUT2D eigenvalue weighted by molar-refractivity contribution is 0.0934. The van der Waals surface area contributed by atoms with Gasteiger partial charge in [-0.3, -0.25) is 9.69 Å². The highest BCUT2D eigenvalue weighted by atomic mass is 35.5. The van der Waals surface area contributed by atoms with Gasteiger partial charge in [0.1, 0.15) is 5.15 Å². The van der Waals surface area contributed by atoms with Crippen molar-refractivity contribution in [2.24, 2.45) is 0 Å². The number of amides is 1. The first-order valence-electron chi connectivity index (χ1n) is 10.5. The van der Waals surface area contributed by atoms with E-state index in [2.05, 4.69) is 41.3 Å². The molecule has 0 radical (unpaired) electrons. The first-order chi connectivity index (χ1) is 15.0. The standard InChI is InChI=1S/C24H28Cl2N4O/c1-4-29(5-2)21(18-11-7-6-8-12-18)15-27-24(31)22-17(3)28-30(23(22)26)16-19-13-9-10-14-20(19)25/h6-14,21H,4-5,15-16H2,1-3H3,(H,27,31). The van der Waals surface area contributed by atoms with Gasteiger partial charge in [0.25, 0.3) is 5.91 Å². The van der Waals surface area contributed by atoms with Gasteiger partial charge in [0.2, 0.25) is 0 Å². The molecule has 1 heterocycles. The van der Waals surface area contributed by atoms with E-state index in [1.807, 2.05) is 42.5 Å². The fourth-order valence-electron chi connectivity index (χ4n) is 3.78. The van der Waals surface area contributed by atoms with Gasteiger partial charge in [-0.05, 0) is 37.2 Å². The van der Waals surface area contributed by atoms with E-state index in [1.165, 1.54) is 5.56 Å². The van der Waals surface area contributed by atoms with Crippen LogP contribution in [0.25, 0.3) is 0 Å². The van der Waals surface area contributed by atoms with Gasteiger partial charge in [-0.2, -0.15) is 5.10 Å². The van der Waals surface area contributed by atoms with E-state index >= 15 is 0 Å². The van der Waals surface area contributed by atoms with Crippen molar-refractivity contribution in [1.82, 2.24) is 20.0 Å². The van der Waals surface area contributed by atoms with Crippen LogP contribution in [0.5, 0.6) is 0 Å². The van der Waals surface area contributed by atoms with E-state index in [4.69, 9.17) is 23.2 Å². The summed E-state index contributed by atoms with van der Waals surface area (Å²) in [5.41, 5.74) is 3.06. The van der Waals surface area contributed by atoms with Gasteiger partial charge in [0, 0.05) is 11.6 Å². The Morgan fingerprint density at radius 2 is 1.71 bits per heavy atom. The third-order valence-corrected chi connectivity index (χ3v) is 6.22. The van der Waals surface area contributed by atoms with Crippen LogP contribution in [-0.4, -0.2) is 40.2 Å². The summed E-state index contributed by atoms with van der Waals surface area (Å²) in [6.45, 7) is 8.71. The summed E-state index contributed by atoms with van der Waals surface area (Å²) in [7, 11) is 0. The van der Waals surface area contributed by atoms with E-state index in [0.29, 0.717) is 34.5 Å². The normalized spacial score (nSPS) is 12.2. The molecule has 1 amide bonds. The minimum atomic E-state index is -0.221. The van der Waals surface area contributed by atoms with Crippen LogP contribution in [0.15, 0.2) is 54.6 Å². The summed E-state index contributed by atoms with van der Waals surface area (Å²) < 4.78 is 1.62. The van der Waals surface area contributed by atoms with Crippen molar-refractivity contribution in [3.05, 3.63) is 87.2 Å². The number of aryl methyl sites for hydroxylation is 1. The fourth-order valence-corrected chi connectivity index (χ4v) is 4.29. The number of nitrogens with zero attached hydrogens (tertiary/aromatic N) is 3. The molecule has 0 bridgehead atoms. The maximum absolute atomic E-state index is 13.1. The van der Waals surface area contributed by atoms with Crippen LogP contribution in [0.4, 0.5) is 0 Å². The lowest BCUT2D eigenvalue weighted by Crippen LogP contribution is -2.38. The number of hydrogen-bond acceptors (Lipinski definition) is 3. The summed E-state index contributed by atoms with van der Waals surface area (Å²) in [5, 5.41) is 8.50. The average Bonchev–Trinajstić information content (AvgIpc) is 3.06. The van der Waals surface area contributed by atoms with Gasteiger partial charge < -0.3 is 5.32 Å². The topological polar surface area (TPSA) is 50.2 Å². The number of rotatable bonds is 9. The number of nitrogens with one attached hydrogen (secondary N) is 1. The SMILES string of the molecule is CCN(CC)C(CNC(=O)c1c(C)nn(Cc2ccccc2Cl)c1Cl)c1ccccc1. The molecular weight excluding hydrogens is 431 g/mol. The average molecular weight is 459 g/mol. The number of carbonyl (C=O) groups is 1. The molecule has 1 unspecified atom stereocenters. The molecule has 1 atom stereocenters. The molecule has 0 spiro atoms. The first kappa shape index (κ1) is 23.3. The van der Waals surface area contributed by atoms with E-state index in [-0.39, 0.29) is 11.9 Å². The molecule has 0 aliphatic rings. The fraction of sp³-hybridized carbons (Fsp3) is 0.333. The lowest BCUT2D eigenvalue weighted by atomic mass is 10.0. The van der Waals surface area contributed by atoms with Crippen molar-refractivity contribution in [2.75, 3.05) is 19.6 Å². The number of carbonyl (C=O) groups excluding carboxylic acids is 1. The van der Waals surface area contributed by atoms with E-state index in [0.717, 1.165) is 18.7 Å². The van der Waals surface area contributed by atoms with Crippen molar-refractivity contribution in [2.45, 2.75) is 33.4 Å². The van der Waals surface area contributed by atoms with Gasteiger partial charge in [0.05, 0.1) is 23.8 Å². The third-order valence-electron chi connectivity index (χ3n) is 5.46. The van der Waals surface area contributed by atoms with Crippen LogP contribution in [0.1, 0.15) is 47.1 Å². The van der Waals surface area contributed by atoms with Crippen LogP contribution in [0.3, 0.4) is 0 Å². The summed E-state index contributed by atoms with van der Waals surface area (Å²) >= 11 is 12.8. The number of likely N-dealkylation sites (N-methyl/N-ethyl adjacent to an activating group) is 1. The summed E-state index contributed by atoms with van der Waals surface area (Å²) in [6, 6.07) is 17.8. The second kappa shape index (κ2) is 10.8. The molecule has 0 saturated heterocycles. The third kappa shape index (κ3) is 5.48. The number of benzene rings is 2. The quantitative estimate of drug-likeness (QED) is 0.469. The Bertz CT molecular complexity index is 1020. The number of hydrogen-bond donors (Lipinski definition) is 1. The zero-order chi connectivity index (χ0) is 22.4. The summed E-state index contributed by atoms with van der Waals surface area (Å²) in [5.74, 6) is -0.221. The maximum atomic E-state index is 13.1. The van der Waals surface area contributed by atoms with Gasteiger partial charge in [-0.1, -0.05) is 85.6 Å². The second-order valence-corrected chi connectivity index (χ2v) is 8.12. The van der Waals surface area contributed by atoms with E-state index < -0.39 is 0 Å². The Morgan fingerprint density at radius 1 is 1.06 bits per heavy atom. The molecule has 0 fully saturated rings. The summed E-state index contributed by atoms with van der Waals surface area (Å²) in [6.07, 6.45) is 0. The van der Waals surface area contributed by atoms with Crippen molar-refractivity contribution < 1.29 is 4.79 Å². The van der Waals surface area contributed by atoms with Crippen molar-refractivity contribution >= 4 is 29.1 Å². The molecule has 31 heavy (non-hydrogen) atoms. The molecule has 164 valence electrons. The molecule has 0 saturated carbocycles. The predicted octanol–water partition coefficient (Wildman–Crippen LogP) is 5.36. The molecule has 2 aromatic carbocycles. The largest absolute Gasteiger partial charge is 0.350 e. The van der Waals surface area contributed by atoms with Crippen molar-refractivity contribution in [3.63, 3.8) is 0 Å². The van der Waals surface area contributed by atoms with E-state index in [1.54, 1.807) is 11.6 Å². The Morgan fingerprint density at radius 3 is 2.35 bits per heavy atom. The molecule has 0 aliphatic carbocycles. The molecule has 3 aromatic rings. The van der Waals surface area contributed by atoms with Gasteiger partial charge >= 0.3 is 0 Å². The van der Waals surface area contributed by atoms with Gasteiger partial charge in [-0.25, -0.2) is 4.68 Å². The van der Waals surface area contributed by atoms with Crippen LogP contribution >= 0.6 is 23.2 Å². The second-order valence-electron chi connectivity index (χ2n) is 7.36. The maximum Gasteiger partial charge on any atom is 0.256 e. The number of halogens is 2. The smallest absolute Gasteiger partial charge is 0.256 e. The Hall–Kier alpha value is -2.34. The molecule has 0 aliphatic heterocycles. The first-order valence-corrected chi connectivity index (χ1v) is 11.2. The van der Waals surface area contributed by atoms with Crippen LogP contribution in [0, 0.1) is 6.92 Å². The van der Waals surface area contributed by atoms with Gasteiger partial charge in [0.15, 0.2) is 0 Å². The van der Waals surface area contributed by atoms with E-state index in [9.17, 15) is 4.79 Å². The zero-order valence-electron chi connectivity index (χ0n) is 18.1. The highest BCUT2D eigenvalue weighted by Crippen LogP contribution is 2.24. The monoisotopic (exact) mass is 458 g/mol. The van der Waals surface area contributed by atoms with Crippen LogP contribution in [0.2, 0.25) is 10.2 Å². The highest BCUT2D eigenvalue weighted by molar-refractivity contribution is 6.33. The summed E-state index contributed by atoms with van der Waals surface area (Å²) in [4.78, 5) is 15.4. The molecule has 1 aromatic heterocycles. The minimum absolute atomic E-state index is 0.0809. The molecule has 7 heteroatoms. The molecule has 3 rings (SSSR count). The minimum Gasteiger partial charge on any atom is -0.350 e. The van der Waals surface area contributed by atoms with Crippen molar-refractivity contribution in [3.8, 4) is 0 Å². The zero-order valence-corrected chi connectivity index (χ0v) is 19.6. The van der Waals surface area contributed by atoms with Crippen molar-refractivity contribution in [1.29, 1.82) is 0 Å². The molecular formula is C24H28Cl2N4O.